The molecule has 4 rings (SSSR count). The number of hydrogen-bond donors (Lipinski definition) is 3. The third-order valence-corrected chi connectivity index (χ3v) is 5.55. The molecular formula is C27H23N5O4. The summed E-state index contributed by atoms with van der Waals surface area (Å²) in [5, 5.41) is 5.43. The minimum Gasteiger partial charge on any atom is -0.363 e. The Kier molecular flexibility index (Phi) is 7.40. The SMILES string of the molecule is NC(=O)C(=O)[C@H](Cc1ccccc1)NC(=O)c1ccc(CNC(=O)c2ccc3nccnc3c2)cc1. The third kappa shape index (κ3) is 5.95. The molecule has 0 bridgehead atoms. The van der Waals surface area contributed by atoms with E-state index in [4.69, 9.17) is 5.73 Å². The molecule has 0 spiro atoms. The fourth-order valence-corrected chi connectivity index (χ4v) is 3.64. The molecule has 36 heavy (non-hydrogen) atoms. The van der Waals surface area contributed by atoms with E-state index in [2.05, 4.69) is 20.6 Å². The van der Waals surface area contributed by atoms with Crippen molar-refractivity contribution in [3.05, 3.63) is 107 Å². The van der Waals surface area contributed by atoms with Crippen LogP contribution >= 0.6 is 0 Å². The maximum Gasteiger partial charge on any atom is 0.287 e. The van der Waals surface area contributed by atoms with Gasteiger partial charge >= 0.3 is 0 Å². The molecule has 3 aromatic carbocycles. The maximum atomic E-state index is 12.7. The van der Waals surface area contributed by atoms with Crippen LogP contribution in [0.15, 0.2) is 85.2 Å². The van der Waals surface area contributed by atoms with Crippen molar-refractivity contribution in [2.45, 2.75) is 19.0 Å². The molecule has 1 aromatic heterocycles. The number of ketones is 1. The van der Waals surface area contributed by atoms with E-state index in [9.17, 15) is 19.2 Å². The molecule has 0 unspecified atom stereocenters. The molecule has 1 atom stereocenters. The lowest BCUT2D eigenvalue weighted by Crippen LogP contribution is -2.47. The van der Waals surface area contributed by atoms with Gasteiger partial charge in [-0.15, -0.1) is 0 Å². The number of carbonyl (C=O) groups is 4. The summed E-state index contributed by atoms with van der Waals surface area (Å²) in [6.45, 7) is 0.246. The molecule has 1 heterocycles. The second-order valence-electron chi connectivity index (χ2n) is 8.08. The lowest BCUT2D eigenvalue weighted by atomic mass is 10.0. The van der Waals surface area contributed by atoms with Crippen LogP contribution in [0.4, 0.5) is 0 Å². The van der Waals surface area contributed by atoms with Crippen molar-refractivity contribution in [2.75, 3.05) is 0 Å². The van der Waals surface area contributed by atoms with Gasteiger partial charge in [0.1, 0.15) is 6.04 Å². The molecule has 4 N–H and O–H groups in total. The van der Waals surface area contributed by atoms with Crippen molar-refractivity contribution in [1.29, 1.82) is 0 Å². The first-order valence-corrected chi connectivity index (χ1v) is 11.2. The largest absolute Gasteiger partial charge is 0.363 e. The van der Waals surface area contributed by atoms with E-state index in [0.717, 1.165) is 11.1 Å². The van der Waals surface area contributed by atoms with Crippen molar-refractivity contribution in [2.24, 2.45) is 5.73 Å². The van der Waals surface area contributed by atoms with Crippen LogP contribution in [0, 0.1) is 0 Å². The van der Waals surface area contributed by atoms with Crippen LogP contribution in [-0.2, 0) is 22.6 Å². The number of nitrogens with zero attached hydrogens (tertiary/aromatic N) is 2. The van der Waals surface area contributed by atoms with Crippen molar-refractivity contribution in [1.82, 2.24) is 20.6 Å². The third-order valence-electron chi connectivity index (χ3n) is 5.55. The molecule has 9 heteroatoms. The minimum absolute atomic E-state index is 0.138. The van der Waals surface area contributed by atoms with Crippen LogP contribution in [-0.4, -0.2) is 39.5 Å². The van der Waals surface area contributed by atoms with Crippen LogP contribution in [0.2, 0.25) is 0 Å². The highest BCUT2D eigenvalue weighted by atomic mass is 16.2. The summed E-state index contributed by atoms with van der Waals surface area (Å²) in [6, 6.07) is 19.6. The van der Waals surface area contributed by atoms with Gasteiger partial charge in [-0.1, -0.05) is 42.5 Å². The summed E-state index contributed by atoms with van der Waals surface area (Å²) in [4.78, 5) is 57.4. The van der Waals surface area contributed by atoms with Crippen LogP contribution < -0.4 is 16.4 Å². The fourth-order valence-electron chi connectivity index (χ4n) is 3.64. The van der Waals surface area contributed by atoms with Crippen molar-refractivity contribution < 1.29 is 19.2 Å². The number of amides is 3. The Bertz CT molecular complexity index is 1420. The summed E-state index contributed by atoms with van der Waals surface area (Å²) >= 11 is 0. The van der Waals surface area contributed by atoms with Gasteiger partial charge in [0.25, 0.3) is 17.7 Å². The molecular weight excluding hydrogens is 458 g/mol. The van der Waals surface area contributed by atoms with E-state index in [1.807, 2.05) is 6.07 Å². The number of benzene rings is 3. The Balaban J connectivity index is 1.37. The van der Waals surface area contributed by atoms with E-state index in [0.29, 0.717) is 22.2 Å². The Hall–Kier alpha value is -4.92. The average molecular weight is 482 g/mol. The smallest absolute Gasteiger partial charge is 0.287 e. The molecule has 0 radical (unpaired) electrons. The van der Waals surface area contributed by atoms with Gasteiger partial charge in [-0.2, -0.15) is 0 Å². The Morgan fingerprint density at radius 2 is 1.42 bits per heavy atom. The first-order valence-electron chi connectivity index (χ1n) is 11.2. The molecule has 4 aromatic rings. The molecule has 0 saturated heterocycles. The zero-order valence-corrected chi connectivity index (χ0v) is 19.2. The number of rotatable bonds is 9. The Morgan fingerprint density at radius 1 is 0.750 bits per heavy atom. The molecule has 3 amide bonds. The van der Waals surface area contributed by atoms with Gasteiger partial charge in [0, 0.05) is 36.5 Å². The van der Waals surface area contributed by atoms with Gasteiger partial charge in [0.05, 0.1) is 11.0 Å². The average Bonchev–Trinajstić information content (AvgIpc) is 2.91. The van der Waals surface area contributed by atoms with Crippen molar-refractivity contribution >= 4 is 34.5 Å². The number of nitrogens with two attached hydrogens (primary N) is 1. The number of Topliss-reactive ketones (excluding diaryl/α,β-unsaturated/α-hetero) is 1. The highest BCUT2D eigenvalue weighted by Gasteiger charge is 2.25. The van der Waals surface area contributed by atoms with Crippen molar-refractivity contribution in [3.8, 4) is 0 Å². The van der Waals surface area contributed by atoms with Gasteiger partial charge in [-0.25, -0.2) is 0 Å². The second kappa shape index (κ2) is 11.0. The predicted octanol–water partition coefficient (Wildman–Crippen LogP) is 1.96. The summed E-state index contributed by atoms with van der Waals surface area (Å²) in [6.07, 6.45) is 3.29. The molecule has 0 aliphatic carbocycles. The topological polar surface area (TPSA) is 144 Å². The molecule has 180 valence electrons. The fraction of sp³-hybridized carbons (Fsp3) is 0.111. The molecule has 0 aliphatic heterocycles. The van der Waals surface area contributed by atoms with E-state index >= 15 is 0 Å². The second-order valence-corrected chi connectivity index (χ2v) is 8.08. The van der Waals surface area contributed by atoms with Gasteiger partial charge in [0.15, 0.2) is 0 Å². The van der Waals surface area contributed by atoms with Gasteiger partial charge < -0.3 is 16.4 Å². The first kappa shape index (κ1) is 24.2. The number of fused-ring (bicyclic) bond motifs is 1. The minimum atomic E-state index is -1.11. The van der Waals surface area contributed by atoms with Crippen LogP contribution in [0.25, 0.3) is 11.0 Å². The standard InChI is InChI=1S/C27H23N5O4/c28-25(34)24(33)23(14-17-4-2-1-3-5-17)32-27(36)19-8-6-18(7-9-19)16-31-26(35)20-10-11-21-22(15-20)30-13-12-29-21/h1-13,15,23H,14,16H2,(H2,28,34)(H,31,35)(H,32,36)/t23-/m0/s1. The van der Waals surface area contributed by atoms with E-state index in [1.54, 1.807) is 79.1 Å². The highest BCUT2D eigenvalue weighted by Crippen LogP contribution is 2.12. The quantitative estimate of drug-likeness (QED) is 0.312. The number of aromatic nitrogens is 2. The van der Waals surface area contributed by atoms with Gasteiger partial charge in [0.2, 0.25) is 5.78 Å². The van der Waals surface area contributed by atoms with Gasteiger partial charge in [-0.05, 0) is 41.5 Å². The van der Waals surface area contributed by atoms with Gasteiger partial charge in [-0.3, -0.25) is 29.1 Å². The van der Waals surface area contributed by atoms with Crippen LogP contribution in [0.1, 0.15) is 31.8 Å². The van der Waals surface area contributed by atoms with Crippen molar-refractivity contribution in [3.63, 3.8) is 0 Å². The lowest BCUT2D eigenvalue weighted by molar-refractivity contribution is -0.137. The van der Waals surface area contributed by atoms with E-state index < -0.39 is 23.6 Å². The molecule has 0 aliphatic rings. The Morgan fingerprint density at radius 3 is 2.11 bits per heavy atom. The van der Waals surface area contributed by atoms with Crippen LogP contribution in [0.5, 0.6) is 0 Å². The number of primary amides is 1. The molecule has 0 fully saturated rings. The zero-order valence-electron chi connectivity index (χ0n) is 19.2. The normalized spacial score (nSPS) is 11.4. The summed E-state index contributed by atoms with van der Waals surface area (Å²) in [5.74, 6) is -2.76. The van der Waals surface area contributed by atoms with E-state index in [1.165, 1.54) is 0 Å². The number of nitrogens with one attached hydrogen (secondary N) is 2. The summed E-state index contributed by atoms with van der Waals surface area (Å²) < 4.78 is 0. The highest BCUT2D eigenvalue weighted by molar-refractivity contribution is 6.38. The van der Waals surface area contributed by atoms with Crippen LogP contribution in [0.3, 0.4) is 0 Å². The first-order chi connectivity index (χ1) is 17.4. The Labute approximate surface area is 206 Å². The predicted molar refractivity (Wildman–Crippen MR) is 133 cm³/mol. The zero-order chi connectivity index (χ0) is 25.5. The summed E-state index contributed by atoms with van der Waals surface area (Å²) in [7, 11) is 0. The number of hydrogen-bond acceptors (Lipinski definition) is 6. The molecule has 0 saturated carbocycles. The monoisotopic (exact) mass is 481 g/mol. The lowest BCUT2D eigenvalue weighted by Gasteiger charge is -2.16. The molecule has 9 nitrogen and oxygen atoms in total. The maximum absolute atomic E-state index is 12.7. The van der Waals surface area contributed by atoms with E-state index in [-0.39, 0.29) is 18.9 Å². The number of carbonyl (C=O) groups excluding carboxylic acids is 4. The summed E-state index contributed by atoms with van der Waals surface area (Å²) in [5.41, 5.74) is 8.81.